The molecular weight excluding hydrogens is 729 g/mol. The third-order valence-corrected chi connectivity index (χ3v) is 12.4. The zero-order valence-corrected chi connectivity index (χ0v) is 33.9. The number of benzene rings is 2. The van der Waals surface area contributed by atoms with Gasteiger partial charge in [-0.05, 0) is 87.8 Å². The van der Waals surface area contributed by atoms with Crippen LogP contribution in [0.2, 0.25) is 0 Å². The van der Waals surface area contributed by atoms with Crippen LogP contribution in [0.15, 0.2) is 71.4 Å². The van der Waals surface area contributed by atoms with Gasteiger partial charge in [-0.1, -0.05) is 32.9 Å². The Kier molecular flexibility index (Phi) is 10.7. The van der Waals surface area contributed by atoms with Crippen LogP contribution in [-0.2, 0) is 42.8 Å². The van der Waals surface area contributed by atoms with Gasteiger partial charge < -0.3 is 15.0 Å². The summed E-state index contributed by atoms with van der Waals surface area (Å²) in [5, 5.41) is 2.80. The molecule has 2 aromatic rings. The van der Waals surface area contributed by atoms with E-state index < -0.39 is 15.5 Å². The molecule has 0 aromatic heterocycles. The van der Waals surface area contributed by atoms with E-state index in [1.54, 1.807) is 12.1 Å². The van der Waals surface area contributed by atoms with Crippen LogP contribution >= 0.6 is 0 Å². The van der Waals surface area contributed by atoms with E-state index >= 15 is 0 Å². The van der Waals surface area contributed by atoms with E-state index in [-0.39, 0.29) is 41.1 Å². The largest absolute Gasteiger partial charge is 0.460 e. The van der Waals surface area contributed by atoms with Crippen molar-refractivity contribution in [1.29, 1.82) is 0 Å². The molecule has 0 aliphatic carbocycles. The van der Waals surface area contributed by atoms with Crippen molar-refractivity contribution in [3.63, 3.8) is 0 Å². The molecular formula is C44H53N4O7S+. The van der Waals surface area contributed by atoms with Gasteiger partial charge >= 0.3 is 0 Å². The summed E-state index contributed by atoms with van der Waals surface area (Å²) in [7, 11) is -4.40. The first-order valence-electron chi connectivity index (χ1n) is 19.8. The van der Waals surface area contributed by atoms with Crippen LogP contribution in [0.1, 0.15) is 95.4 Å². The van der Waals surface area contributed by atoms with Gasteiger partial charge in [0.15, 0.2) is 5.71 Å². The van der Waals surface area contributed by atoms with Crippen molar-refractivity contribution in [1.82, 2.24) is 10.2 Å². The number of hydrogen-bond acceptors (Lipinski definition) is 7. The molecule has 11 nitrogen and oxygen atoms in total. The van der Waals surface area contributed by atoms with Crippen LogP contribution in [0.5, 0.6) is 5.75 Å². The molecule has 12 heteroatoms. The lowest BCUT2D eigenvalue weighted by atomic mass is 9.81. The average Bonchev–Trinajstić information content (AvgIpc) is 3.57. The molecule has 2 N–H and O–H groups in total. The third kappa shape index (κ3) is 7.78. The molecule has 0 fully saturated rings. The average molecular weight is 782 g/mol. The Hall–Kier alpha value is -4.81. The number of nitrogens with one attached hydrogen (secondary N) is 1. The number of imide groups is 1. The quantitative estimate of drug-likeness (QED) is 0.107. The van der Waals surface area contributed by atoms with E-state index in [1.807, 2.05) is 0 Å². The summed E-state index contributed by atoms with van der Waals surface area (Å²) >= 11 is 0. The van der Waals surface area contributed by atoms with E-state index in [1.165, 1.54) is 35.0 Å². The molecule has 56 heavy (non-hydrogen) atoms. The normalized spacial score (nSPS) is 19.4. The number of aryl methyl sites for hydroxylation is 1. The number of fused-ring (bicyclic) bond motifs is 3. The number of nitrogens with zero attached hydrogens (tertiary/aromatic N) is 3. The Morgan fingerprint density at radius 2 is 1.77 bits per heavy atom. The van der Waals surface area contributed by atoms with E-state index in [4.69, 9.17) is 4.74 Å². The number of allylic oxidation sites excluding steroid dienone is 6. The minimum absolute atomic E-state index is 0.133. The SMILES string of the molecule is CC(C)(C)C1=C/C(=C\C=C\C2=[N+](CCCCCC(=O)NCCN3C(=O)C=CC3=O)c3ccc(S(=O)(=O)O)cc3C2(C)C)c2cc3c4c(c2O1)CCCN4CCC3. The molecule has 5 heterocycles. The topological polar surface area (TPSA) is 136 Å². The van der Waals surface area contributed by atoms with Gasteiger partial charge in [0.1, 0.15) is 18.1 Å². The Labute approximate surface area is 330 Å². The van der Waals surface area contributed by atoms with Crippen LogP contribution in [0.4, 0.5) is 11.4 Å². The molecule has 7 rings (SSSR count). The lowest BCUT2D eigenvalue weighted by molar-refractivity contribution is -0.438. The maximum Gasteiger partial charge on any atom is 0.294 e. The molecule has 5 aliphatic heterocycles. The van der Waals surface area contributed by atoms with Gasteiger partial charge in [0.05, 0.1) is 10.3 Å². The molecule has 5 aliphatic rings. The summed E-state index contributed by atoms with van der Waals surface area (Å²) in [6.07, 6.45) is 17.8. The molecule has 2 aromatic carbocycles. The van der Waals surface area contributed by atoms with Gasteiger partial charge in [0.2, 0.25) is 11.6 Å². The van der Waals surface area contributed by atoms with Crippen LogP contribution < -0.4 is 15.0 Å². The van der Waals surface area contributed by atoms with E-state index in [0.29, 0.717) is 19.4 Å². The molecule has 296 valence electrons. The first kappa shape index (κ1) is 39.4. The fourth-order valence-electron chi connectivity index (χ4n) is 8.61. The number of ether oxygens (including phenoxy) is 1. The van der Waals surface area contributed by atoms with Crippen molar-refractivity contribution >= 4 is 50.5 Å². The third-order valence-electron chi connectivity index (χ3n) is 11.6. The Bertz CT molecular complexity index is 2240. The summed E-state index contributed by atoms with van der Waals surface area (Å²) in [6, 6.07) is 7.12. The van der Waals surface area contributed by atoms with Gasteiger partial charge in [-0.25, -0.2) is 0 Å². The predicted molar refractivity (Wildman–Crippen MR) is 217 cm³/mol. The van der Waals surface area contributed by atoms with Crippen molar-refractivity contribution in [2.75, 3.05) is 37.6 Å². The minimum Gasteiger partial charge on any atom is -0.460 e. The van der Waals surface area contributed by atoms with Gasteiger partial charge in [-0.15, -0.1) is 0 Å². The van der Waals surface area contributed by atoms with E-state index in [2.05, 4.69) is 79.8 Å². The molecule has 0 bridgehead atoms. The summed E-state index contributed by atoms with van der Waals surface area (Å²) in [6.45, 7) is 13.8. The second-order valence-corrected chi connectivity index (χ2v) is 18.3. The van der Waals surface area contributed by atoms with Crippen LogP contribution in [0.25, 0.3) is 5.57 Å². The van der Waals surface area contributed by atoms with Gasteiger partial charge in [-0.3, -0.25) is 23.8 Å². The monoisotopic (exact) mass is 781 g/mol. The number of carbonyl (C=O) groups is 3. The summed E-state index contributed by atoms with van der Waals surface area (Å²) in [4.78, 5) is 39.5. The van der Waals surface area contributed by atoms with Crippen molar-refractivity contribution in [3.8, 4) is 5.75 Å². The number of carbonyl (C=O) groups excluding carboxylic acids is 3. The highest BCUT2D eigenvalue weighted by Gasteiger charge is 2.45. The van der Waals surface area contributed by atoms with E-state index in [9.17, 15) is 27.4 Å². The fourth-order valence-corrected chi connectivity index (χ4v) is 9.11. The van der Waals surface area contributed by atoms with Crippen LogP contribution in [-0.4, -0.2) is 78.6 Å². The van der Waals surface area contributed by atoms with Gasteiger partial charge in [0.25, 0.3) is 21.9 Å². The molecule has 0 saturated carbocycles. The van der Waals surface area contributed by atoms with Gasteiger partial charge in [0, 0.05) is 91.1 Å². The first-order chi connectivity index (χ1) is 26.5. The second kappa shape index (κ2) is 15.3. The Morgan fingerprint density at radius 3 is 2.48 bits per heavy atom. The maximum atomic E-state index is 12.5. The molecule has 0 unspecified atom stereocenters. The highest BCUT2D eigenvalue weighted by molar-refractivity contribution is 7.85. The lowest BCUT2D eigenvalue weighted by Gasteiger charge is -2.40. The molecule has 0 saturated heterocycles. The number of amides is 3. The summed E-state index contributed by atoms with van der Waals surface area (Å²) in [5.74, 6) is 1.04. The Balaban J connectivity index is 1.13. The smallest absolute Gasteiger partial charge is 0.294 e. The van der Waals surface area contributed by atoms with Crippen LogP contribution in [0.3, 0.4) is 0 Å². The number of rotatable bonds is 12. The maximum absolute atomic E-state index is 12.5. The minimum atomic E-state index is -4.40. The molecule has 0 spiro atoms. The molecule has 0 radical (unpaired) electrons. The second-order valence-electron chi connectivity index (χ2n) is 16.9. The molecule has 0 atom stereocenters. The Morgan fingerprint density at radius 1 is 1.04 bits per heavy atom. The highest BCUT2D eigenvalue weighted by Crippen LogP contribution is 2.49. The standard InChI is InChI=1S/C44H52N4O7S/c1-43(2,3)37-27-29(33-26-30-13-10-22-46-23-11-14-32(41(30)46)42(33)55-37)12-9-15-36-44(4,5)34-28-31(56(52,53)54)17-18-35(34)47(36)24-8-6-7-16-38(49)45-21-25-48-39(50)19-20-40(48)51/h9,12,15,17-20,26-28H,6-8,10-11,13-14,16,21-25H2,1-5H3,(H-,45,49,52,53,54)/p+1. The lowest BCUT2D eigenvalue weighted by Crippen LogP contribution is -2.38. The van der Waals surface area contributed by atoms with Crippen molar-refractivity contribution < 1.29 is 36.7 Å². The predicted octanol–water partition coefficient (Wildman–Crippen LogP) is 6.57. The first-order valence-corrected chi connectivity index (χ1v) is 21.3. The zero-order valence-electron chi connectivity index (χ0n) is 33.1. The van der Waals surface area contributed by atoms with Crippen molar-refractivity contribution in [2.45, 2.75) is 96.3 Å². The number of hydrogen-bond donors (Lipinski definition) is 2. The highest BCUT2D eigenvalue weighted by atomic mass is 32.2. The van der Waals surface area contributed by atoms with Crippen LogP contribution in [0, 0.1) is 5.41 Å². The van der Waals surface area contributed by atoms with Crippen molar-refractivity contribution in [3.05, 3.63) is 88.7 Å². The summed E-state index contributed by atoms with van der Waals surface area (Å²) in [5.41, 5.74) is 8.22. The zero-order chi connectivity index (χ0) is 40.0. The van der Waals surface area contributed by atoms with Gasteiger partial charge in [-0.2, -0.15) is 13.0 Å². The summed E-state index contributed by atoms with van der Waals surface area (Å²) < 4.78 is 43.3. The number of anilines is 1. The van der Waals surface area contributed by atoms with Crippen molar-refractivity contribution in [2.24, 2.45) is 5.41 Å². The fraction of sp³-hybridized carbons (Fsp3) is 0.455. The van der Waals surface area contributed by atoms with E-state index in [0.717, 1.165) is 96.1 Å². The molecule has 3 amide bonds. The number of unbranched alkanes of at least 4 members (excludes halogenated alkanes) is 2.